The maximum Gasteiger partial charge on any atom is 0.319 e. The highest BCUT2D eigenvalue weighted by atomic mass is 19.1. The second kappa shape index (κ2) is 14.1. The summed E-state index contributed by atoms with van der Waals surface area (Å²) < 4.78 is 56.3. The number of piperidine rings is 1. The topological polar surface area (TPSA) is 102 Å². The third-order valence-electron chi connectivity index (χ3n) is 12.9. The number of rotatable bonds is 7. The van der Waals surface area contributed by atoms with Crippen LogP contribution in [-0.4, -0.2) is 96.8 Å². The van der Waals surface area contributed by atoms with Crippen molar-refractivity contribution in [3.8, 4) is 41.2 Å². The average molecular weight is 740 g/mol. The number of phenols is 1. The Morgan fingerprint density at radius 1 is 0.963 bits per heavy atom. The molecule has 10 nitrogen and oxygen atoms in total. The number of pyridine rings is 1. The van der Waals surface area contributed by atoms with Crippen molar-refractivity contribution in [2.75, 3.05) is 64.7 Å². The summed E-state index contributed by atoms with van der Waals surface area (Å²) in [6.07, 6.45) is 17.0. The lowest BCUT2D eigenvalue weighted by Gasteiger charge is -2.54. The van der Waals surface area contributed by atoms with E-state index in [1.54, 1.807) is 0 Å². The standard InChI is InChI=1S/C42H47F2N5O5/c1-3-29-31(43)11-10-26-20-28(50)21-30(33(26)29)36-35(44)37-34(39(45-36)51-2)38(48-15-7-18-52-19-17-48)47-40(46-37)54-25-42-13-5-9-32(42)49(16-6-14-42)27-8-4-12-41(22-27)23-53-24-41/h1,10-11,20-21,27,32,50H,4-9,12-19,22-25H2,2H3. The molecule has 2 saturated carbocycles. The first kappa shape index (κ1) is 35.4. The van der Waals surface area contributed by atoms with Crippen LogP contribution >= 0.6 is 0 Å². The van der Waals surface area contributed by atoms with Crippen molar-refractivity contribution in [3.63, 3.8) is 0 Å². The van der Waals surface area contributed by atoms with Crippen LogP contribution in [0.4, 0.5) is 14.6 Å². The number of nitrogens with zero attached hydrogens (tertiary/aromatic N) is 5. The molecule has 9 rings (SSSR count). The van der Waals surface area contributed by atoms with Crippen LogP contribution in [0.25, 0.3) is 32.9 Å². The first-order chi connectivity index (χ1) is 26.3. The van der Waals surface area contributed by atoms with Crippen LogP contribution in [0, 0.1) is 34.8 Å². The molecule has 3 aliphatic heterocycles. The third kappa shape index (κ3) is 5.99. The number of phenolic OH excluding ortho intramolecular Hbond substituents is 1. The van der Waals surface area contributed by atoms with Crippen LogP contribution in [0.15, 0.2) is 24.3 Å². The number of methoxy groups -OCH3 is 1. The van der Waals surface area contributed by atoms with Crippen LogP contribution in [-0.2, 0) is 9.47 Å². The molecule has 2 aromatic carbocycles. The molecule has 0 bridgehead atoms. The normalized spacial score (nSPS) is 25.6. The van der Waals surface area contributed by atoms with E-state index in [0.717, 1.165) is 58.3 Å². The number of hydrogen-bond acceptors (Lipinski definition) is 10. The molecule has 284 valence electrons. The van der Waals surface area contributed by atoms with E-state index in [4.69, 9.17) is 35.3 Å². The number of fused-ring (bicyclic) bond motifs is 3. The number of hydrogen-bond donors (Lipinski definition) is 1. The number of anilines is 1. The zero-order chi connectivity index (χ0) is 37.0. The maximum atomic E-state index is 17.3. The predicted molar refractivity (Wildman–Crippen MR) is 201 cm³/mol. The molecule has 3 saturated heterocycles. The summed E-state index contributed by atoms with van der Waals surface area (Å²) in [5.41, 5.74) is 0.134. The second-order valence-electron chi connectivity index (χ2n) is 16.1. The summed E-state index contributed by atoms with van der Waals surface area (Å²) in [4.78, 5) is 19.2. The van der Waals surface area contributed by atoms with Gasteiger partial charge in [0.15, 0.2) is 5.82 Å². The van der Waals surface area contributed by atoms with E-state index in [1.165, 1.54) is 57.1 Å². The maximum absolute atomic E-state index is 17.3. The lowest BCUT2D eigenvalue weighted by Crippen LogP contribution is -2.59. The van der Waals surface area contributed by atoms with Crippen LogP contribution in [0.3, 0.4) is 0 Å². The molecule has 5 aliphatic rings. The van der Waals surface area contributed by atoms with Crippen molar-refractivity contribution in [1.82, 2.24) is 19.9 Å². The molecule has 0 amide bonds. The highest BCUT2D eigenvalue weighted by Crippen LogP contribution is 2.52. The minimum absolute atomic E-state index is 0.0434. The Morgan fingerprint density at radius 3 is 2.63 bits per heavy atom. The van der Waals surface area contributed by atoms with Gasteiger partial charge in [0.05, 0.1) is 39.1 Å². The minimum atomic E-state index is -0.781. The van der Waals surface area contributed by atoms with Crippen molar-refractivity contribution in [2.45, 2.75) is 76.3 Å². The SMILES string of the molecule is C#Cc1c(F)ccc2cc(O)cc(-c3nc(OC)c4c(N5CCCOCC5)nc(OCC56CCCC5N(C5CCCC7(COC7)C5)CCC6)nc4c3F)c12. The fraction of sp³-hybridized carbons (Fsp3) is 0.548. The lowest BCUT2D eigenvalue weighted by atomic mass is 9.68. The van der Waals surface area contributed by atoms with Gasteiger partial charge in [0.1, 0.15) is 34.0 Å². The summed E-state index contributed by atoms with van der Waals surface area (Å²) in [5.74, 6) is 1.37. The fourth-order valence-electron chi connectivity index (χ4n) is 10.4. The Bertz CT molecular complexity index is 2130. The molecule has 2 aromatic heterocycles. The molecular formula is C42H47F2N5O5. The fourth-order valence-corrected chi connectivity index (χ4v) is 10.4. The van der Waals surface area contributed by atoms with Gasteiger partial charge in [-0.15, -0.1) is 6.42 Å². The van der Waals surface area contributed by atoms with Gasteiger partial charge in [0, 0.05) is 53.6 Å². The molecule has 1 spiro atoms. The first-order valence-electron chi connectivity index (χ1n) is 19.5. The van der Waals surface area contributed by atoms with Crippen molar-refractivity contribution < 1.29 is 32.8 Å². The molecule has 3 atom stereocenters. The number of aromatic nitrogens is 3. The molecule has 4 aromatic rings. The van der Waals surface area contributed by atoms with E-state index >= 15 is 8.78 Å². The van der Waals surface area contributed by atoms with Gasteiger partial charge in [-0.1, -0.05) is 24.8 Å². The van der Waals surface area contributed by atoms with Crippen LogP contribution in [0.5, 0.6) is 17.6 Å². The highest BCUT2D eigenvalue weighted by Gasteiger charge is 2.52. The summed E-state index contributed by atoms with van der Waals surface area (Å²) in [6.45, 7) is 5.55. The first-order valence-corrected chi connectivity index (χ1v) is 19.5. The number of benzene rings is 2. The highest BCUT2D eigenvalue weighted by molar-refractivity contribution is 6.04. The van der Waals surface area contributed by atoms with E-state index in [-0.39, 0.29) is 50.8 Å². The van der Waals surface area contributed by atoms with E-state index in [9.17, 15) is 5.11 Å². The van der Waals surface area contributed by atoms with Gasteiger partial charge >= 0.3 is 6.01 Å². The van der Waals surface area contributed by atoms with Crippen molar-refractivity contribution in [3.05, 3.63) is 41.5 Å². The van der Waals surface area contributed by atoms with E-state index in [1.807, 2.05) is 4.90 Å². The monoisotopic (exact) mass is 739 g/mol. The van der Waals surface area contributed by atoms with E-state index in [2.05, 4.69) is 15.8 Å². The van der Waals surface area contributed by atoms with Crippen LogP contribution < -0.4 is 14.4 Å². The van der Waals surface area contributed by atoms with Crippen LogP contribution in [0.1, 0.15) is 69.8 Å². The Hall–Kier alpha value is -4.31. The summed E-state index contributed by atoms with van der Waals surface area (Å²) in [6, 6.07) is 6.57. The summed E-state index contributed by atoms with van der Waals surface area (Å²) >= 11 is 0. The minimum Gasteiger partial charge on any atom is -0.508 e. The Balaban J connectivity index is 1.13. The third-order valence-corrected chi connectivity index (χ3v) is 12.9. The van der Waals surface area contributed by atoms with Crippen LogP contribution in [0.2, 0.25) is 0 Å². The smallest absolute Gasteiger partial charge is 0.319 e. The molecule has 12 heteroatoms. The van der Waals surface area contributed by atoms with Gasteiger partial charge in [0.25, 0.3) is 0 Å². The molecule has 1 N–H and O–H groups in total. The number of halogens is 2. The Morgan fingerprint density at radius 2 is 1.81 bits per heavy atom. The van der Waals surface area contributed by atoms with Gasteiger partial charge in [-0.25, -0.2) is 13.8 Å². The van der Waals surface area contributed by atoms with Gasteiger partial charge < -0.3 is 29.0 Å². The average Bonchev–Trinajstić information content (AvgIpc) is 3.42. The lowest BCUT2D eigenvalue weighted by molar-refractivity contribution is -0.151. The zero-order valence-electron chi connectivity index (χ0n) is 30.8. The van der Waals surface area contributed by atoms with Gasteiger partial charge in [0.2, 0.25) is 5.88 Å². The van der Waals surface area contributed by atoms with Crippen molar-refractivity contribution in [1.29, 1.82) is 0 Å². The number of aromatic hydroxyl groups is 1. The quantitative estimate of drug-likeness (QED) is 0.199. The van der Waals surface area contributed by atoms with Gasteiger partial charge in [-0.05, 0) is 81.5 Å². The Labute approximate surface area is 314 Å². The molecular weight excluding hydrogens is 692 g/mol. The van der Waals surface area contributed by atoms with Gasteiger partial charge in [-0.3, -0.25) is 4.90 Å². The number of terminal acetylenes is 1. The van der Waals surface area contributed by atoms with Crippen molar-refractivity contribution >= 4 is 27.5 Å². The number of likely N-dealkylation sites (tertiary alicyclic amines) is 1. The van der Waals surface area contributed by atoms with Gasteiger partial charge in [-0.2, -0.15) is 9.97 Å². The molecule has 5 heterocycles. The molecule has 5 fully saturated rings. The predicted octanol–water partition coefficient (Wildman–Crippen LogP) is 7.02. The number of ether oxygens (including phenoxy) is 4. The zero-order valence-corrected chi connectivity index (χ0v) is 30.8. The van der Waals surface area contributed by atoms with E-state index in [0.29, 0.717) is 67.0 Å². The largest absolute Gasteiger partial charge is 0.508 e. The Kier molecular flexibility index (Phi) is 9.23. The second-order valence-corrected chi connectivity index (χ2v) is 16.1. The summed E-state index contributed by atoms with van der Waals surface area (Å²) in [5, 5.41) is 11.7. The molecule has 2 aliphatic carbocycles. The molecule has 54 heavy (non-hydrogen) atoms. The van der Waals surface area contributed by atoms with E-state index < -0.39 is 11.6 Å². The van der Waals surface area contributed by atoms with Crippen molar-refractivity contribution in [2.24, 2.45) is 10.8 Å². The molecule has 0 radical (unpaired) electrons. The molecule has 3 unspecified atom stereocenters. The summed E-state index contributed by atoms with van der Waals surface area (Å²) in [7, 11) is 1.46.